The van der Waals surface area contributed by atoms with Crippen molar-refractivity contribution >= 4 is 11.6 Å². The van der Waals surface area contributed by atoms with Crippen LogP contribution in [0.5, 0.6) is 0 Å². The van der Waals surface area contributed by atoms with E-state index in [-0.39, 0.29) is 5.38 Å². The Morgan fingerprint density at radius 1 is 0.905 bits per heavy atom. The van der Waals surface area contributed by atoms with Crippen LogP contribution in [0.15, 0.2) is 48.5 Å². The van der Waals surface area contributed by atoms with Crippen molar-refractivity contribution in [1.82, 2.24) is 0 Å². The van der Waals surface area contributed by atoms with Crippen molar-refractivity contribution in [3.8, 4) is 0 Å². The lowest BCUT2D eigenvalue weighted by molar-refractivity contribution is 0.443. The summed E-state index contributed by atoms with van der Waals surface area (Å²) < 4.78 is 0. The first-order chi connectivity index (χ1) is 10.3. The molecule has 1 heteroatoms. The van der Waals surface area contributed by atoms with Crippen molar-refractivity contribution in [3.63, 3.8) is 0 Å². The second-order valence-corrected chi connectivity index (χ2v) is 6.66. The lowest BCUT2D eigenvalue weighted by atomic mass is 9.83. The molecule has 0 spiro atoms. The van der Waals surface area contributed by atoms with Gasteiger partial charge >= 0.3 is 0 Å². The fraction of sp³-hybridized carbons (Fsp3) is 0.400. The molecule has 1 atom stereocenters. The summed E-state index contributed by atoms with van der Waals surface area (Å²) in [5.74, 6) is 0.764. The molecule has 1 fully saturated rings. The molecule has 0 bridgehead atoms. The Balaban J connectivity index is 1.79. The summed E-state index contributed by atoms with van der Waals surface area (Å²) in [6.07, 6.45) is 6.87. The van der Waals surface area contributed by atoms with Crippen LogP contribution >= 0.6 is 11.6 Å². The number of aryl methyl sites for hydroxylation is 1. The lowest BCUT2D eigenvalue weighted by Gasteiger charge is -2.22. The van der Waals surface area contributed by atoms with Gasteiger partial charge in [-0.3, -0.25) is 0 Å². The normalized spacial score (nSPS) is 17.6. The van der Waals surface area contributed by atoms with Crippen molar-refractivity contribution in [1.29, 1.82) is 0 Å². The summed E-state index contributed by atoms with van der Waals surface area (Å²) in [5, 5.41) is -0.0494. The topological polar surface area (TPSA) is 0 Å². The third-order valence-corrected chi connectivity index (χ3v) is 5.25. The standard InChI is InChI=1S/C20H23Cl/c1-15-7-5-6-10-19(15)20(21)18-13-11-17(12-14-18)16-8-3-2-4-9-16/h5-7,10-14,16,20H,2-4,8-9H2,1H3. The van der Waals surface area contributed by atoms with Crippen LogP contribution in [0, 0.1) is 6.92 Å². The first kappa shape index (κ1) is 14.7. The van der Waals surface area contributed by atoms with Crippen LogP contribution in [0.2, 0.25) is 0 Å². The number of rotatable bonds is 3. The Morgan fingerprint density at radius 2 is 1.57 bits per heavy atom. The zero-order valence-corrected chi connectivity index (χ0v) is 13.4. The van der Waals surface area contributed by atoms with Crippen LogP contribution in [0.3, 0.4) is 0 Å². The monoisotopic (exact) mass is 298 g/mol. The van der Waals surface area contributed by atoms with Gasteiger partial charge in [0.25, 0.3) is 0 Å². The average Bonchev–Trinajstić information content (AvgIpc) is 2.56. The quantitative estimate of drug-likeness (QED) is 0.577. The van der Waals surface area contributed by atoms with Gasteiger partial charge in [-0.1, -0.05) is 67.8 Å². The summed E-state index contributed by atoms with van der Waals surface area (Å²) in [7, 11) is 0. The van der Waals surface area contributed by atoms with Crippen LogP contribution in [0.1, 0.15) is 65.7 Å². The van der Waals surface area contributed by atoms with Gasteiger partial charge in [-0.25, -0.2) is 0 Å². The highest BCUT2D eigenvalue weighted by Crippen LogP contribution is 2.35. The molecule has 1 aliphatic rings. The van der Waals surface area contributed by atoms with Gasteiger partial charge in [0, 0.05) is 0 Å². The third kappa shape index (κ3) is 3.32. The van der Waals surface area contributed by atoms with Crippen LogP contribution in [0.4, 0.5) is 0 Å². The lowest BCUT2D eigenvalue weighted by Crippen LogP contribution is -2.04. The van der Waals surface area contributed by atoms with E-state index in [0.717, 1.165) is 5.92 Å². The van der Waals surface area contributed by atoms with E-state index in [4.69, 9.17) is 11.6 Å². The summed E-state index contributed by atoms with van der Waals surface area (Å²) in [6.45, 7) is 2.13. The van der Waals surface area contributed by atoms with Crippen molar-refractivity contribution in [2.75, 3.05) is 0 Å². The Kier molecular flexibility index (Phi) is 4.65. The predicted octanol–water partition coefficient (Wildman–Crippen LogP) is 6.37. The van der Waals surface area contributed by atoms with Crippen molar-refractivity contribution in [2.45, 2.75) is 50.3 Å². The molecule has 2 aromatic rings. The molecule has 0 saturated heterocycles. The van der Waals surface area contributed by atoms with E-state index in [1.165, 1.54) is 54.4 Å². The summed E-state index contributed by atoms with van der Waals surface area (Å²) in [5.41, 5.74) is 5.16. The number of hydrogen-bond acceptors (Lipinski definition) is 0. The minimum absolute atomic E-state index is 0.0494. The molecule has 0 aromatic heterocycles. The molecule has 1 unspecified atom stereocenters. The predicted molar refractivity (Wildman–Crippen MR) is 91.1 cm³/mol. The molecule has 0 N–H and O–H groups in total. The minimum Gasteiger partial charge on any atom is -0.113 e. The van der Waals surface area contributed by atoms with Crippen LogP contribution in [-0.4, -0.2) is 0 Å². The molecule has 0 nitrogen and oxygen atoms in total. The van der Waals surface area contributed by atoms with Gasteiger partial charge in [0.05, 0.1) is 5.38 Å². The molecule has 0 amide bonds. The highest BCUT2D eigenvalue weighted by Gasteiger charge is 2.17. The first-order valence-electron chi connectivity index (χ1n) is 8.05. The van der Waals surface area contributed by atoms with E-state index < -0.39 is 0 Å². The zero-order valence-electron chi connectivity index (χ0n) is 12.7. The largest absolute Gasteiger partial charge is 0.113 e. The Bertz CT molecular complexity index is 579. The molecule has 0 heterocycles. The van der Waals surface area contributed by atoms with E-state index in [1.54, 1.807) is 0 Å². The molecule has 0 aliphatic heterocycles. The van der Waals surface area contributed by atoms with Crippen molar-refractivity contribution in [3.05, 3.63) is 70.8 Å². The van der Waals surface area contributed by atoms with Crippen LogP contribution in [0.25, 0.3) is 0 Å². The smallest absolute Gasteiger partial charge is 0.0838 e. The molecule has 1 saturated carbocycles. The molecule has 0 radical (unpaired) electrons. The molecule has 1 aliphatic carbocycles. The molecular formula is C20H23Cl. The van der Waals surface area contributed by atoms with Gasteiger partial charge in [-0.2, -0.15) is 0 Å². The maximum atomic E-state index is 6.68. The summed E-state index contributed by atoms with van der Waals surface area (Å²) >= 11 is 6.68. The third-order valence-electron chi connectivity index (χ3n) is 4.77. The molecule has 3 rings (SSSR count). The summed E-state index contributed by atoms with van der Waals surface area (Å²) in [6, 6.07) is 17.4. The highest BCUT2D eigenvalue weighted by molar-refractivity contribution is 6.22. The fourth-order valence-corrected chi connectivity index (χ4v) is 3.81. The highest BCUT2D eigenvalue weighted by atomic mass is 35.5. The van der Waals surface area contributed by atoms with Gasteiger partial charge in [-0.15, -0.1) is 11.6 Å². The van der Waals surface area contributed by atoms with E-state index >= 15 is 0 Å². The van der Waals surface area contributed by atoms with E-state index in [1.807, 2.05) is 0 Å². The van der Waals surface area contributed by atoms with E-state index in [9.17, 15) is 0 Å². The van der Waals surface area contributed by atoms with Gasteiger partial charge in [0.15, 0.2) is 0 Å². The van der Waals surface area contributed by atoms with Crippen molar-refractivity contribution < 1.29 is 0 Å². The van der Waals surface area contributed by atoms with Crippen molar-refractivity contribution in [2.24, 2.45) is 0 Å². The summed E-state index contributed by atoms with van der Waals surface area (Å²) in [4.78, 5) is 0. The number of hydrogen-bond donors (Lipinski definition) is 0. The van der Waals surface area contributed by atoms with E-state index in [2.05, 4.69) is 55.5 Å². The second-order valence-electron chi connectivity index (χ2n) is 6.22. The maximum absolute atomic E-state index is 6.68. The second kappa shape index (κ2) is 6.66. The number of halogens is 1. The van der Waals surface area contributed by atoms with Gasteiger partial charge < -0.3 is 0 Å². The SMILES string of the molecule is Cc1ccccc1C(Cl)c1ccc(C2CCCCC2)cc1. The molecule has 110 valence electrons. The van der Waals surface area contributed by atoms with Gasteiger partial charge in [0.2, 0.25) is 0 Å². The number of benzene rings is 2. The zero-order chi connectivity index (χ0) is 14.7. The molecule has 2 aromatic carbocycles. The van der Waals surface area contributed by atoms with Crippen LogP contribution < -0.4 is 0 Å². The minimum atomic E-state index is -0.0494. The Labute approximate surface area is 133 Å². The van der Waals surface area contributed by atoms with Gasteiger partial charge in [-0.05, 0) is 47.9 Å². The van der Waals surface area contributed by atoms with Gasteiger partial charge in [0.1, 0.15) is 0 Å². The first-order valence-corrected chi connectivity index (χ1v) is 8.49. The number of alkyl halides is 1. The Morgan fingerprint density at radius 3 is 2.24 bits per heavy atom. The Hall–Kier alpha value is -1.27. The fourth-order valence-electron chi connectivity index (χ4n) is 3.42. The average molecular weight is 299 g/mol. The van der Waals surface area contributed by atoms with Crippen LogP contribution in [-0.2, 0) is 0 Å². The molecular weight excluding hydrogens is 276 g/mol. The maximum Gasteiger partial charge on any atom is 0.0838 e. The molecule has 21 heavy (non-hydrogen) atoms. The van der Waals surface area contributed by atoms with E-state index in [0.29, 0.717) is 0 Å².